The van der Waals surface area contributed by atoms with Crippen molar-refractivity contribution in [2.24, 2.45) is 11.0 Å². The average Bonchev–Trinajstić information content (AvgIpc) is 1.97. The average molecular weight is 152 g/mol. The second-order valence-corrected chi connectivity index (χ2v) is 2.72. The number of allylic oxidation sites excluding steroid dienone is 1. The maximum atomic E-state index is 9.64. The second-order valence-electron chi connectivity index (χ2n) is 2.72. The first-order valence-electron chi connectivity index (χ1n) is 3.58. The van der Waals surface area contributed by atoms with Gasteiger partial charge in [0.2, 0.25) is 0 Å². The Bertz CT molecular complexity index is 166. The summed E-state index contributed by atoms with van der Waals surface area (Å²) in [5.74, 6) is 2.12. The van der Waals surface area contributed by atoms with E-state index in [1.807, 2.05) is 0 Å². The van der Waals surface area contributed by atoms with Gasteiger partial charge in [0.05, 0.1) is 0 Å². The van der Waals surface area contributed by atoms with Crippen LogP contribution in [0, 0.1) is 10.8 Å². The van der Waals surface area contributed by atoms with Crippen LogP contribution < -0.4 is 5.32 Å². The van der Waals surface area contributed by atoms with Crippen LogP contribution in [-0.4, -0.2) is 19.6 Å². The number of hydrogen-bond acceptors (Lipinski definition) is 3. The summed E-state index contributed by atoms with van der Waals surface area (Å²) in [5.41, 5.74) is 0.721. The fraction of sp³-hybridized carbons (Fsp3) is 0.571. The normalized spacial score (nSPS) is 9.73. The van der Waals surface area contributed by atoms with Crippen LogP contribution >= 0.6 is 0 Å². The molecule has 0 amide bonds. The molecular formula is C7H13BN2O. The van der Waals surface area contributed by atoms with Crippen LogP contribution in [0.5, 0.6) is 0 Å². The molecule has 0 saturated heterocycles. The van der Waals surface area contributed by atoms with Gasteiger partial charge >= 0.3 is 66.9 Å². The molecule has 0 saturated carbocycles. The van der Waals surface area contributed by atoms with E-state index in [4.69, 9.17) is 0 Å². The van der Waals surface area contributed by atoms with Gasteiger partial charge in [0.1, 0.15) is 0 Å². The van der Waals surface area contributed by atoms with Gasteiger partial charge < -0.3 is 0 Å². The Morgan fingerprint density at radius 3 is 2.91 bits per heavy atom. The molecule has 0 unspecified atom stereocenters. The van der Waals surface area contributed by atoms with Gasteiger partial charge in [0.15, 0.2) is 0 Å². The van der Waals surface area contributed by atoms with Crippen molar-refractivity contribution in [3.63, 3.8) is 0 Å². The van der Waals surface area contributed by atoms with Gasteiger partial charge in [-0.1, -0.05) is 0 Å². The molecule has 0 bridgehead atoms. The Labute approximate surface area is 67.8 Å². The molecule has 0 fully saturated rings. The molecule has 0 aliphatic rings. The fourth-order valence-electron chi connectivity index (χ4n) is 0.515. The molecule has 1 N–H and O–H groups in total. The van der Waals surface area contributed by atoms with Crippen LogP contribution in [0.2, 0.25) is 0 Å². The van der Waals surface area contributed by atoms with Gasteiger partial charge in [0.25, 0.3) is 0 Å². The zero-order valence-electron chi connectivity index (χ0n) is 7.00. The van der Waals surface area contributed by atoms with Crippen LogP contribution in [0.25, 0.3) is 0 Å². The predicted octanol–water partition coefficient (Wildman–Crippen LogP) is 0.933. The third-order valence-corrected chi connectivity index (χ3v) is 1.07. The Kier molecular flexibility index (Phi) is 5.34. The standard InChI is InChI=1S/C7H13BN2O/c1-6(2)5-9-7(3)4-8-10-11/h4,6,9H,3,5H2,1-2H3. The predicted molar refractivity (Wildman–Crippen MR) is 49.6 cm³/mol. The summed E-state index contributed by atoms with van der Waals surface area (Å²) in [4.78, 5) is 9.64. The van der Waals surface area contributed by atoms with Crippen molar-refractivity contribution in [1.29, 1.82) is 0 Å². The van der Waals surface area contributed by atoms with Crippen molar-refractivity contribution in [2.75, 3.05) is 6.54 Å². The van der Waals surface area contributed by atoms with Crippen molar-refractivity contribution in [2.45, 2.75) is 13.8 Å². The van der Waals surface area contributed by atoms with Crippen LogP contribution in [0.4, 0.5) is 0 Å². The zero-order valence-corrected chi connectivity index (χ0v) is 7.00. The molecule has 0 atom stereocenters. The number of rotatable bonds is 5. The van der Waals surface area contributed by atoms with Gasteiger partial charge in [-0.05, 0) is 0 Å². The summed E-state index contributed by atoms with van der Waals surface area (Å²) in [6.45, 7) is 8.73. The molecule has 4 heteroatoms. The summed E-state index contributed by atoms with van der Waals surface area (Å²) in [6.07, 6.45) is 0. The van der Waals surface area contributed by atoms with Gasteiger partial charge in [-0.2, -0.15) is 0 Å². The minimum atomic E-state index is 0.573. The van der Waals surface area contributed by atoms with Crippen LogP contribution in [0.1, 0.15) is 13.8 Å². The molecule has 3 nitrogen and oxygen atoms in total. The minimum absolute atomic E-state index is 0.573. The number of nitrogens with one attached hydrogen (secondary N) is 1. The molecule has 0 spiro atoms. The Morgan fingerprint density at radius 1 is 1.82 bits per heavy atom. The fourth-order valence-corrected chi connectivity index (χ4v) is 0.515. The topological polar surface area (TPSA) is 41.5 Å². The Hall–Kier alpha value is -0.925. The summed E-state index contributed by atoms with van der Waals surface area (Å²) in [5, 5.41) is 5.61. The SMILES string of the molecule is C=C(C=BN=O)NCC(C)C. The van der Waals surface area contributed by atoms with Gasteiger partial charge in [-0.3, -0.25) is 0 Å². The zero-order chi connectivity index (χ0) is 8.69. The molecule has 60 valence electrons. The van der Waals surface area contributed by atoms with E-state index in [1.165, 1.54) is 7.06 Å². The molecular weight excluding hydrogens is 139 g/mol. The molecule has 0 rings (SSSR count). The first-order valence-corrected chi connectivity index (χ1v) is 3.58. The van der Waals surface area contributed by atoms with E-state index < -0.39 is 0 Å². The van der Waals surface area contributed by atoms with Crippen LogP contribution in [0.15, 0.2) is 17.4 Å². The van der Waals surface area contributed by atoms with E-state index in [-0.39, 0.29) is 0 Å². The van der Waals surface area contributed by atoms with E-state index >= 15 is 0 Å². The van der Waals surface area contributed by atoms with E-state index in [2.05, 4.69) is 30.8 Å². The molecule has 0 aromatic carbocycles. The van der Waals surface area contributed by atoms with E-state index in [0.717, 1.165) is 12.2 Å². The van der Waals surface area contributed by atoms with E-state index in [9.17, 15) is 4.91 Å². The first-order chi connectivity index (χ1) is 5.16. The monoisotopic (exact) mass is 152 g/mol. The van der Waals surface area contributed by atoms with Crippen molar-refractivity contribution in [3.8, 4) is 0 Å². The maximum absolute atomic E-state index is 9.64. The summed E-state index contributed by atoms with van der Waals surface area (Å²) in [6, 6.07) is 0. The Balaban J connectivity index is 3.53. The Morgan fingerprint density at radius 2 is 2.45 bits per heavy atom. The molecule has 0 heterocycles. The molecule has 11 heavy (non-hydrogen) atoms. The van der Waals surface area contributed by atoms with Gasteiger partial charge in [-0.25, -0.2) is 0 Å². The molecule has 0 aliphatic heterocycles. The molecule has 0 radical (unpaired) electrons. The van der Waals surface area contributed by atoms with Gasteiger partial charge in [0, 0.05) is 0 Å². The second kappa shape index (κ2) is 5.83. The first kappa shape index (κ1) is 10.1. The quantitative estimate of drug-likeness (QED) is 0.470. The summed E-state index contributed by atoms with van der Waals surface area (Å²) >= 11 is 0. The summed E-state index contributed by atoms with van der Waals surface area (Å²) < 4.78 is 0. The van der Waals surface area contributed by atoms with Crippen molar-refractivity contribution in [3.05, 3.63) is 17.2 Å². The third kappa shape index (κ3) is 6.97. The van der Waals surface area contributed by atoms with Crippen molar-refractivity contribution in [1.82, 2.24) is 5.32 Å². The number of nitroso groups, excluding NO2 is 1. The molecule has 0 aromatic heterocycles. The third-order valence-electron chi connectivity index (χ3n) is 1.07. The van der Waals surface area contributed by atoms with Gasteiger partial charge in [-0.15, -0.1) is 0 Å². The summed E-state index contributed by atoms with van der Waals surface area (Å²) in [7, 11) is 1.18. The molecule has 0 aliphatic carbocycles. The van der Waals surface area contributed by atoms with Crippen molar-refractivity contribution < 1.29 is 0 Å². The van der Waals surface area contributed by atoms with Crippen LogP contribution in [-0.2, 0) is 0 Å². The number of nitrogens with zero attached hydrogens (tertiary/aromatic N) is 1. The van der Waals surface area contributed by atoms with E-state index in [0.29, 0.717) is 5.92 Å². The van der Waals surface area contributed by atoms with Crippen LogP contribution in [0.3, 0.4) is 0 Å². The number of hydrogen-bond donors (Lipinski definition) is 1. The van der Waals surface area contributed by atoms with Crippen molar-refractivity contribution >= 4 is 13.0 Å². The molecule has 0 aromatic rings. The van der Waals surface area contributed by atoms with E-state index in [1.54, 1.807) is 5.97 Å².